The highest BCUT2D eigenvalue weighted by Crippen LogP contribution is 2.20. The molecule has 0 spiro atoms. The number of nitrogens with one attached hydrogen (secondary N) is 1. The molecule has 0 aliphatic carbocycles. The Labute approximate surface area is 127 Å². The molecule has 21 heavy (non-hydrogen) atoms. The number of methoxy groups -OCH3 is 1. The molecule has 0 aliphatic heterocycles. The second-order valence-corrected chi connectivity index (χ2v) is 6.75. The van der Waals surface area contributed by atoms with Crippen molar-refractivity contribution in [3.63, 3.8) is 0 Å². The molecular formula is C14H24N2O4S. The molecule has 0 heterocycles. The molecule has 1 aromatic rings. The van der Waals surface area contributed by atoms with Gasteiger partial charge in [-0.3, -0.25) is 0 Å². The predicted molar refractivity (Wildman–Crippen MR) is 82.2 cm³/mol. The summed E-state index contributed by atoms with van der Waals surface area (Å²) in [5.74, 6) is 0.650. The molecule has 0 aliphatic rings. The lowest BCUT2D eigenvalue weighted by Gasteiger charge is -2.23. The van der Waals surface area contributed by atoms with E-state index in [-0.39, 0.29) is 10.9 Å². The van der Waals surface area contributed by atoms with Gasteiger partial charge in [0.05, 0.1) is 11.5 Å². The van der Waals surface area contributed by atoms with Gasteiger partial charge in [-0.15, -0.1) is 0 Å². The van der Waals surface area contributed by atoms with Crippen molar-refractivity contribution in [2.75, 3.05) is 41.0 Å². The van der Waals surface area contributed by atoms with Crippen molar-refractivity contribution in [3.8, 4) is 5.75 Å². The first-order chi connectivity index (χ1) is 9.93. The van der Waals surface area contributed by atoms with Crippen LogP contribution in [0.2, 0.25) is 0 Å². The SMILES string of the molecule is CNCCOc1ccc(S(=O)(=O)N(C)C(C)COC)cc1. The van der Waals surface area contributed by atoms with Crippen LogP contribution in [0.25, 0.3) is 0 Å². The Hall–Kier alpha value is -1.15. The Morgan fingerprint density at radius 2 is 1.90 bits per heavy atom. The van der Waals surface area contributed by atoms with Crippen molar-refractivity contribution in [2.24, 2.45) is 0 Å². The highest BCUT2D eigenvalue weighted by Gasteiger charge is 2.25. The Bertz CT molecular complexity index is 516. The molecule has 1 rings (SSSR count). The van der Waals surface area contributed by atoms with E-state index in [2.05, 4.69) is 5.32 Å². The maximum atomic E-state index is 12.4. The molecule has 1 N–H and O–H groups in total. The van der Waals surface area contributed by atoms with Crippen molar-refractivity contribution in [1.82, 2.24) is 9.62 Å². The fraction of sp³-hybridized carbons (Fsp3) is 0.571. The monoisotopic (exact) mass is 316 g/mol. The van der Waals surface area contributed by atoms with Crippen LogP contribution in [0.3, 0.4) is 0 Å². The van der Waals surface area contributed by atoms with Crippen molar-refractivity contribution in [2.45, 2.75) is 17.9 Å². The maximum Gasteiger partial charge on any atom is 0.243 e. The largest absolute Gasteiger partial charge is 0.492 e. The molecule has 120 valence electrons. The molecule has 0 amide bonds. The standard InChI is InChI=1S/C14H24N2O4S/c1-12(11-19-4)16(3)21(17,18)14-7-5-13(6-8-14)20-10-9-15-2/h5-8,12,15H,9-11H2,1-4H3. The molecule has 7 heteroatoms. The van der Waals surface area contributed by atoms with Crippen LogP contribution in [0.15, 0.2) is 29.2 Å². The molecule has 1 unspecified atom stereocenters. The first-order valence-electron chi connectivity index (χ1n) is 6.78. The molecule has 0 bridgehead atoms. The fourth-order valence-corrected chi connectivity index (χ4v) is 3.08. The predicted octanol–water partition coefficient (Wildman–Crippen LogP) is 0.940. The van der Waals surface area contributed by atoms with Crippen LogP contribution in [0, 0.1) is 0 Å². The van der Waals surface area contributed by atoms with E-state index >= 15 is 0 Å². The van der Waals surface area contributed by atoms with E-state index in [1.165, 1.54) is 4.31 Å². The minimum Gasteiger partial charge on any atom is -0.492 e. The van der Waals surface area contributed by atoms with Gasteiger partial charge in [-0.25, -0.2) is 8.42 Å². The quantitative estimate of drug-likeness (QED) is 0.687. The maximum absolute atomic E-state index is 12.4. The summed E-state index contributed by atoms with van der Waals surface area (Å²) >= 11 is 0. The number of nitrogens with zero attached hydrogens (tertiary/aromatic N) is 1. The van der Waals surface area contributed by atoms with Crippen LogP contribution in [0.5, 0.6) is 5.75 Å². The Balaban J connectivity index is 2.79. The Kier molecular flexibility index (Phi) is 7.10. The fourth-order valence-electron chi connectivity index (χ4n) is 1.73. The van der Waals surface area contributed by atoms with Gasteiger partial charge < -0.3 is 14.8 Å². The van der Waals surface area contributed by atoms with Crippen LogP contribution in [-0.2, 0) is 14.8 Å². The average Bonchev–Trinajstić information content (AvgIpc) is 2.47. The number of hydrogen-bond acceptors (Lipinski definition) is 5. The van der Waals surface area contributed by atoms with E-state index in [1.54, 1.807) is 45.3 Å². The third-order valence-corrected chi connectivity index (χ3v) is 5.14. The summed E-state index contributed by atoms with van der Waals surface area (Å²) in [7, 11) is 1.43. The number of hydrogen-bond donors (Lipinski definition) is 1. The minimum absolute atomic E-state index is 0.230. The molecule has 1 atom stereocenters. The second kappa shape index (κ2) is 8.33. The average molecular weight is 316 g/mol. The van der Waals surface area contributed by atoms with E-state index < -0.39 is 10.0 Å². The molecule has 6 nitrogen and oxygen atoms in total. The summed E-state index contributed by atoms with van der Waals surface area (Å²) in [4.78, 5) is 0.244. The van der Waals surface area contributed by atoms with Gasteiger partial charge in [0.2, 0.25) is 10.0 Å². The van der Waals surface area contributed by atoms with Gasteiger partial charge in [-0.1, -0.05) is 0 Å². The number of sulfonamides is 1. The van der Waals surface area contributed by atoms with Gasteiger partial charge in [0, 0.05) is 26.7 Å². The lowest BCUT2D eigenvalue weighted by Crippen LogP contribution is -2.37. The summed E-state index contributed by atoms with van der Waals surface area (Å²) in [5, 5.41) is 2.97. The molecule has 0 aromatic heterocycles. The molecular weight excluding hydrogens is 292 g/mol. The van der Waals surface area contributed by atoms with Crippen LogP contribution in [-0.4, -0.2) is 59.7 Å². The summed E-state index contributed by atoms with van der Waals surface area (Å²) in [6, 6.07) is 6.21. The first kappa shape index (κ1) is 17.9. The van der Waals surface area contributed by atoms with Crippen LogP contribution in [0.4, 0.5) is 0 Å². The molecule has 0 saturated carbocycles. The van der Waals surface area contributed by atoms with Crippen molar-refractivity contribution in [1.29, 1.82) is 0 Å². The van der Waals surface area contributed by atoms with E-state index in [0.717, 1.165) is 6.54 Å². The number of rotatable bonds is 9. The zero-order chi connectivity index (χ0) is 15.9. The van der Waals surface area contributed by atoms with Crippen molar-refractivity contribution >= 4 is 10.0 Å². The number of ether oxygens (including phenoxy) is 2. The number of benzene rings is 1. The highest BCUT2D eigenvalue weighted by molar-refractivity contribution is 7.89. The van der Waals surface area contributed by atoms with Crippen LogP contribution < -0.4 is 10.1 Å². The van der Waals surface area contributed by atoms with Gasteiger partial charge in [-0.05, 0) is 38.2 Å². The summed E-state index contributed by atoms with van der Waals surface area (Å²) < 4.78 is 36.7. The van der Waals surface area contributed by atoms with Gasteiger partial charge in [0.25, 0.3) is 0 Å². The summed E-state index contributed by atoms with van der Waals surface area (Å²) in [5.41, 5.74) is 0. The molecule has 0 fully saturated rings. The van der Waals surface area contributed by atoms with E-state index in [0.29, 0.717) is 19.0 Å². The summed E-state index contributed by atoms with van der Waals surface area (Å²) in [6.07, 6.45) is 0. The number of likely N-dealkylation sites (N-methyl/N-ethyl adjacent to an activating group) is 2. The Morgan fingerprint density at radius 3 is 2.43 bits per heavy atom. The van der Waals surface area contributed by atoms with Gasteiger partial charge >= 0.3 is 0 Å². The minimum atomic E-state index is -3.52. The third-order valence-electron chi connectivity index (χ3n) is 3.15. The van der Waals surface area contributed by atoms with Crippen LogP contribution in [0.1, 0.15) is 6.92 Å². The van der Waals surface area contributed by atoms with Gasteiger partial charge in [0.15, 0.2) is 0 Å². The second-order valence-electron chi connectivity index (χ2n) is 4.75. The topological polar surface area (TPSA) is 67.9 Å². The molecule has 0 saturated heterocycles. The normalized spacial score (nSPS) is 13.4. The lowest BCUT2D eigenvalue weighted by molar-refractivity contribution is 0.149. The van der Waals surface area contributed by atoms with E-state index in [9.17, 15) is 8.42 Å². The lowest BCUT2D eigenvalue weighted by atomic mass is 10.3. The Morgan fingerprint density at radius 1 is 1.29 bits per heavy atom. The molecule has 1 aromatic carbocycles. The van der Waals surface area contributed by atoms with Crippen molar-refractivity contribution < 1.29 is 17.9 Å². The zero-order valence-corrected chi connectivity index (χ0v) is 13.8. The highest BCUT2D eigenvalue weighted by atomic mass is 32.2. The van der Waals surface area contributed by atoms with Crippen molar-refractivity contribution in [3.05, 3.63) is 24.3 Å². The smallest absolute Gasteiger partial charge is 0.243 e. The molecule has 0 radical (unpaired) electrons. The van der Waals surface area contributed by atoms with Crippen LogP contribution >= 0.6 is 0 Å². The third kappa shape index (κ3) is 4.96. The van der Waals surface area contributed by atoms with Gasteiger partial charge in [0.1, 0.15) is 12.4 Å². The van der Waals surface area contributed by atoms with Gasteiger partial charge in [-0.2, -0.15) is 4.31 Å². The summed E-state index contributed by atoms with van der Waals surface area (Å²) in [6.45, 7) is 3.42. The zero-order valence-electron chi connectivity index (χ0n) is 13.0. The first-order valence-corrected chi connectivity index (χ1v) is 8.22. The van der Waals surface area contributed by atoms with E-state index in [1.807, 2.05) is 7.05 Å². The van der Waals surface area contributed by atoms with E-state index in [4.69, 9.17) is 9.47 Å².